The zero-order valence-corrected chi connectivity index (χ0v) is 14.7. The third kappa shape index (κ3) is 5.31. The maximum Gasteiger partial charge on any atom is 0.255 e. The third-order valence-corrected chi connectivity index (χ3v) is 3.44. The van der Waals surface area contributed by atoms with Gasteiger partial charge in [-0.3, -0.25) is 4.79 Å². The molecule has 0 spiro atoms. The summed E-state index contributed by atoms with van der Waals surface area (Å²) in [6.45, 7) is 3.30. The molecule has 0 aliphatic heterocycles. The van der Waals surface area contributed by atoms with Gasteiger partial charge in [-0.05, 0) is 43.3 Å². The Morgan fingerprint density at radius 2 is 1.56 bits per heavy atom. The molecule has 0 bridgehead atoms. The molecule has 0 saturated carbocycles. The van der Waals surface area contributed by atoms with E-state index in [9.17, 15) is 4.79 Å². The summed E-state index contributed by atoms with van der Waals surface area (Å²) in [6, 6.07) is 12.4. The van der Waals surface area contributed by atoms with Gasteiger partial charge in [0.05, 0.1) is 32.9 Å². The highest BCUT2D eigenvalue weighted by Crippen LogP contribution is 2.24. The van der Waals surface area contributed by atoms with E-state index in [0.717, 1.165) is 11.5 Å². The fraction of sp³-hybridized carbons (Fsp3) is 0.316. The molecule has 0 aliphatic carbocycles. The van der Waals surface area contributed by atoms with Gasteiger partial charge in [-0.25, -0.2) is 0 Å². The number of amides is 1. The minimum Gasteiger partial charge on any atom is -0.497 e. The number of nitrogens with one attached hydrogen (secondary N) is 1. The van der Waals surface area contributed by atoms with Crippen LogP contribution in [0.5, 0.6) is 23.0 Å². The molecular formula is C19H23NO5. The zero-order chi connectivity index (χ0) is 18.1. The van der Waals surface area contributed by atoms with Gasteiger partial charge in [0.25, 0.3) is 5.91 Å². The van der Waals surface area contributed by atoms with Gasteiger partial charge in [0.2, 0.25) is 0 Å². The summed E-state index contributed by atoms with van der Waals surface area (Å²) in [5.74, 6) is 2.39. The van der Waals surface area contributed by atoms with Crippen LogP contribution in [-0.2, 0) is 0 Å². The molecule has 2 rings (SSSR count). The van der Waals surface area contributed by atoms with E-state index in [0.29, 0.717) is 36.8 Å². The molecule has 1 N–H and O–H groups in total. The number of hydrogen-bond donors (Lipinski definition) is 1. The van der Waals surface area contributed by atoms with Gasteiger partial charge in [0.15, 0.2) is 0 Å². The molecular weight excluding hydrogens is 322 g/mol. The second kappa shape index (κ2) is 9.42. The number of methoxy groups -OCH3 is 2. The van der Waals surface area contributed by atoms with Gasteiger partial charge in [0.1, 0.15) is 29.6 Å². The number of carbonyl (C=O) groups is 1. The average molecular weight is 345 g/mol. The number of hydrogen-bond acceptors (Lipinski definition) is 5. The van der Waals surface area contributed by atoms with E-state index in [1.165, 1.54) is 7.11 Å². The minimum absolute atomic E-state index is 0.227. The lowest BCUT2D eigenvalue weighted by atomic mass is 10.1. The molecule has 2 aromatic rings. The molecule has 25 heavy (non-hydrogen) atoms. The van der Waals surface area contributed by atoms with Crippen molar-refractivity contribution in [2.75, 3.05) is 34.0 Å². The van der Waals surface area contributed by atoms with Crippen LogP contribution >= 0.6 is 0 Å². The van der Waals surface area contributed by atoms with Crippen molar-refractivity contribution >= 4 is 5.91 Å². The van der Waals surface area contributed by atoms with E-state index in [-0.39, 0.29) is 5.91 Å². The van der Waals surface area contributed by atoms with Crippen molar-refractivity contribution in [3.05, 3.63) is 48.0 Å². The molecule has 6 heteroatoms. The smallest absolute Gasteiger partial charge is 0.255 e. The Kier molecular flexibility index (Phi) is 6.95. The lowest BCUT2D eigenvalue weighted by molar-refractivity contribution is 0.0944. The Labute approximate surface area is 147 Å². The standard InChI is InChI=1S/C19H23NO5/c1-4-24-14-5-7-15(8-6-14)25-12-11-20-19(21)17-10-9-16(22-2)13-18(17)23-3/h5-10,13H,4,11-12H2,1-3H3,(H,20,21). The van der Waals surface area contributed by atoms with Gasteiger partial charge in [-0.2, -0.15) is 0 Å². The van der Waals surface area contributed by atoms with Crippen molar-refractivity contribution in [3.63, 3.8) is 0 Å². The third-order valence-electron chi connectivity index (χ3n) is 3.44. The first-order chi connectivity index (χ1) is 12.2. The highest BCUT2D eigenvalue weighted by atomic mass is 16.5. The summed E-state index contributed by atoms with van der Waals surface area (Å²) >= 11 is 0. The summed E-state index contributed by atoms with van der Waals surface area (Å²) in [4.78, 5) is 12.2. The van der Waals surface area contributed by atoms with E-state index in [2.05, 4.69) is 5.32 Å². The van der Waals surface area contributed by atoms with Gasteiger partial charge < -0.3 is 24.3 Å². The summed E-state index contributed by atoms with van der Waals surface area (Å²) < 4.78 is 21.3. The molecule has 134 valence electrons. The fourth-order valence-corrected chi connectivity index (χ4v) is 2.21. The highest BCUT2D eigenvalue weighted by molar-refractivity contribution is 5.97. The molecule has 0 saturated heterocycles. The lowest BCUT2D eigenvalue weighted by Gasteiger charge is -2.11. The molecule has 0 aromatic heterocycles. The van der Waals surface area contributed by atoms with Crippen molar-refractivity contribution in [2.24, 2.45) is 0 Å². The van der Waals surface area contributed by atoms with Crippen molar-refractivity contribution in [3.8, 4) is 23.0 Å². The molecule has 0 radical (unpaired) electrons. The predicted molar refractivity (Wildman–Crippen MR) is 95.0 cm³/mol. The maximum atomic E-state index is 12.2. The maximum absolute atomic E-state index is 12.2. The minimum atomic E-state index is -0.227. The Morgan fingerprint density at radius 3 is 2.16 bits per heavy atom. The number of benzene rings is 2. The van der Waals surface area contributed by atoms with Gasteiger partial charge >= 0.3 is 0 Å². The predicted octanol–water partition coefficient (Wildman–Crippen LogP) is 2.91. The van der Waals surface area contributed by atoms with Crippen molar-refractivity contribution < 1.29 is 23.7 Å². The van der Waals surface area contributed by atoms with Crippen molar-refractivity contribution in [2.45, 2.75) is 6.92 Å². The average Bonchev–Trinajstić information content (AvgIpc) is 2.66. The second-order valence-electron chi connectivity index (χ2n) is 5.07. The van der Waals surface area contributed by atoms with Crippen LogP contribution in [0.4, 0.5) is 0 Å². The number of rotatable bonds is 9. The first-order valence-electron chi connectivity index (χ1n) is 8.03. The molecule has 6 nitrogen and oxygen atoms in total. The normalized spacial score (nSPS) is 10.0. The molecule has 0 fully saturated rings. The summed E-state index contributed by atoms with van der Waals surface area (Å²) in [7, 11) is 3.08. The summed E-state index contributed by atoms with van der Waals surface area (Å²) in [5, 5.41) is 2.80. The van der Waals surface area contributed by atoms with Crippen LogP contribution in [0.25, 0.3) is 0 Å². The van der Waals surface area contributed by atoms with Crippen LogP contribution < -0.4 is 24.3 Å². The summed E-state index contributed by atoms with van der Waals surface area (Å²) in [6.07, 6.45) is 0. The SMILES string of the molecule is CCOc1ccc(OCCNC(=O)c2ccc(OC)cc2OC)cc1. The quantitative estimate of drug-likeness (QED) is 0.708. The highest BCUT2D eigenvalue weighted by Gasteiger charge is 2.12. The Bertz CT molecular complexity index is 685. The monoisotopic (exact) mass is 345 g/mol. The van der Waals surface area contributed by atoms with Crippen molar-refractivity contribution in [1.29, 1.82) is 0 Å². The van der Waals surface area contributed by atoms with E-state index < -0.39 is 0 Å². The van der Waals surface area contributed by atoms with E-state index in [1.807, 2.05) is 31.2 Å². The molecule has 1 amide bonds. The summed E-state index contributed by atoms with van der Waals surface area (Å²) in [5.41, 5.74) is 0.448. The molecule has 0 heterocycles. The van der Waals surface area contributed by atoms with Crippen molar-refractivity contribution in [1.82, 2.24) is 5.32 Å². The van der Waals surface area contributed by atoms with Gasteiger partial charge in [-0.1, -0.05) is 0 Å². The Morgan fingerprint density at radius 1 is 0.920 bits per heavy atom. The molecule has 0 atom stereocenters. The molecule has 0 unspecified atom stereocenters. The van der Waals surface area contributed by atoms with E-state index in [4.69, 9.17) is 18.9 Å². The first kappa shape index (κ1) is 18.4. The zero-order valence-electron chi connectivity index (χ0n) is 14.7. The van der Waals surface area contributed by atoms with Gasteiger partial charge in [0, 0.05) is 6.07 Å². The number of carbonyl (C=O) groups excluding carboxylic acids is 1. The van der Waals surface area contributed by atoms with Crippen LogP contribution in [0, 0.1) is 0 Å². The largest absolute Gasteiger partial charge is 0.497 e. The molecule has 2 aromatic carbocycles. The topological polar surface area (TPSA) is 66.0 Å². The van der Waals surface area contributed by atoms with Crippen LogP contribution in [0.2, 0.25) is 0 Å². The lowest BCUT2D eigenvalue weighted by Crippen LogP contribution is -2.28. The Balaban J connectivity index is 1.82. The van der Waals surface area contributed by atoms with Gasteiger partial charge in [-0.15, -0.1) is 0 Å². The van der Waals surface area contributed by atoms with Crippen LogP contribution in [0.15, 0.2) is 42.5 Å². The second-order valence-corrected chi connectivity index (χ2v) is 5.07. The van der Waals surface area contributed by atoms with Crippen LogP contribution in [0.3, 0.4) is 0 Å². The molecule has 0 aliphatic rings. The van der Waals surface area contributed by atoms with E-state index >= 15 is 0 Å². The Hall–Kier alpha value is -2.89. The van der Waals surface area contributed by atoms with E-state index in [1.54, 1.807) is 25.3 Å². The van der Waals surface area contributed by atoms with Crippen LogP contribution in [0.1, 0.15) is 17.3 Å². The first-order valence-corrected chi connectivity index (χ1v) is 8.03. The number of ether oxygens (including phenoxy) is 4. The van der Waals surface area contributed by atoms with Crippen LogP contribution in [-0.4, -0.2) is 39.9 Å². The fourth-order valence-electron chi connectivity index (χ4n) is 2.21.